The highest BCUT2D eigenvalue weighted by Crippen LogP contribution is 2.42. The van der Waals surface area contributed by atoms with Crippen LogP contribution in [-0.2, 0) is 9.05 Å². The molecule has 0 aliphatic heterocycles. The highest BCUT2D eigenvalue weighted by Gasteiger charge is 2.19. The van der Waals surface area contributed by atoms with Gasteiger partial charge in [-0.15, -0.1) is 0 Å². The molecule has 0 fully saturated rings. The Morgan fingerprint density at radius 2 is 1.50 bits per heavy atom. The topological polar surface area (TPSA) is 42.9 Å². The summed E-state index contributed by atoms with van der Waals surface area (Å²) in [5.41, 5.74) is 2.55. The fourth-order valence-electron chi connectivity index (χ4n) is 2.58. The smallest absolute Gasteiger partial charge is 0.243 e. The number of para-hydroxylation sites is 1. The zero-order chi connectivity index (χ0) is 18.2. The largest absolute Gasteiger partial charge is 0.336 e. The Morgan fingerprint density at radius 1 is 0.846 bits per heavy atom. The molecule has 0 aliphatic rings. The Kier molecular flexibility index (Phi) is 6.73. The van der Waals surface area contributed by atoms with Crippen LogP contribution in [0.25, 0.3) is 10.8 Å². The van der Waals surface area contributed by atoms with Crippen molar-refractivity contribution in [2.24, 2.45) is 4.99 Å². The van der Waals surface area contributed by atoms with E-state index < -0.39 is 8.38 Å². The minimum absolute atomic E-state index is 0.566. The molecule has 3 aromatic rings. The lowest BCUT2D eigenvalue weighted by molar-refractivity contribution is 0.279. The minimum atomic E-state index is -1.29. The van der Waals surface area contributed by atoms with Crippen LogP contribution >= 0.6 is 8.38 Å². The lowest BCUT2D eigenvalue weighted by atomic mass is 10.1. The Balaban J connectivity index is 2.04. The van der Waals surface area contributed by atoms with Gasteiger partial charge in [0.15, 0.2) is 5.58 Å². The summed E-state index contributed by atoms with van der Waals surface area (Å²) in [7, 11) is -1.29. The summed E-state index contributed by atoms with van der Waals surface area (Å²) in [5, 5.41) is 5.65. The van der Waals surface area contributed by atoms with E-state index in [1.165, 1.54) is 0 Å². The molecule has 0 atom stereocenters. The van der Waals surface area contributed by atoms with Crippen LogP contribution in [0.5, 0.6) is 0 Å². The fourth-order valence-corrected chi connectivity index (χ4v) is 3.78. The molecule has 26 heavy (non-hydrogen) atoms. The second-order valence-corrected chi connectivity index (χ2v) is 6.97. The van der Waals surface area contributed by atoms with Crippen molar-refractivity contribution in [2.45, 2.75) is 13.8 Å². The van der Waals surface area contributed by atoms with Crippen LogP contribution in [0.3, 0.4) is 0 Å². The number of nitrogens with one attached hydrogen (secondary N) is 1. The van der Waals surface area contributed by atoms with E-state index in [4.69, 9.17) is 14.0 Å². The van der Waals surface area contributed by atoms with Crippen molar-refractivity contribution in [3.63, 3.8) is 0 Å². The molecule has 0 saturated heterocycles. The molecule has 5 heteroatoms. The van der Waals surface area contributed by atoms with Gasteiger partial charge in [0.25, 0.3) is 0 Å². The average molecular weight is 366 g/mol. The van der Waals surface area contributed by atoms with Crippen LogP contribution in [0.15, 0.2) is 77.8 Å². The highest BCUT2D eigenvalue weighted by atomic mass is 31.2. The van der Waals surface area contributed by atoms with Crippen LogP contribution in [0.4, 0.5) is 11.4 Å². The van der Waals surface area contributed by atoms with Gasteiger partial charge in [0, 0.05) is 11.1 Å². The molecular formula is C21H23N2O2P. The van der Waals surface area contributed by atoms with Crippen LogP contribution in [0.2, 0.25) is 0 Å². The fraction of sp³-hybridized carbons (Fsp3) is 0.190. The van der Waals surface area contributed by atoms with E-state index in [9.17, 15) is 0 Å². The first-order chi connectivity index (χ1) is 12.8. The standard InChI is InChI=1S/C21H23N2O2P/c1-3-24-26(25-4-2)21(22-18-13-6-5-7-14-18)23-20-16-10-12-17-11-8-9-15-19(17)20/h5-16H,3-4H2,1-2H3,(H,22,23). The second-order valence-electron chi connectivity index (χ2n) is 5.52. The van der Waals surface area contributed by atoms with E-state index in [1.54, 1.807) is 0 Å². The highest BCUT2D eigenvalue weighted by molar-refractivity contribution is 7.67. The number of amidine groups is 1. The van der Waals surface area contributed by atoms with Gasteiger partial charge in [-0.25, -0.2) is 4.99 Å². The molecule has 134 valence electrons. The molecule has 3 aromatic carbocycles. The SMILES string of the molecule is CCOP(OCC)C(=Nc1cccc2ccccc12)Nc1ccccc1. The van der Waals surface area contributed by atoms with E-state index in [-0.39, 0.29) is 0 Å². The minimum Gasteiger partial charge on any atom is -0.336 e. The predicted molar refractivity (Wildman–Crippen MR) is 111 cm³/mol. The maximum Gasteiger partial charge on any atom is 0.243 e. The Morgan fingerprint density at radius 3 is 2.23 bits per heavy atom. The van der Waals surface area contributed by atoms with Crippen LogP contribution < -0.4 is 5.32 Å². The summed E-state index contributed by atoms with van der Waals surface area (Å²) < 4.78 is 11.7. The summed E-state index contributed by atoms with van der Waals surface area (Å²) >= 11 is 0. The lowest BCUT2D eigenvalue weighted by Crippen LogP contribution is -2.13. The second kappa shape index (κ2) is 9.44. The quantitative estimate of drug-likeness (QED) is 0.302. The van der Waals surface area contributed by atoms with Crippen molar-refractivity contribution in [1.29, 1.82) is 0 Å². The Bertz CT molecular complexity index is 857. The zero-order valence-electron chi connectivity index (χ0n) is 15.1. The average Bonchev–Trinajstić information content (AvgIpc) is 2.68. The van der Waals surface area contributed by atoms with E-state index in [1.807, 2.05) is 68.4 Å². The van der Waals surface area contributed by atoms with Crippen molar-refractivity contribution in [1.82, 2.24) is 0 Å². The van der Waals surface area contributed by atoms with Gasteiger partial charge in [-0.3, -0.25) is 0 Å². The number of hydrogen-bond acceptors (Lipinski definition) is 3. The number of hydrogen-bond donors (Lipinski definition) is 1. The number of fused-ring (bicyclic) bond motifs is 1. The lowest BCUT2D eigenvalue weighted by Gasteiger charge is -2.19. The molecule has 0 bridgehead atoms. The molecule has 1 N–H and O–H groups in total. The van der Waals surface area contributed by atoms with E-state index in [0.29, 0.717) is 18.8 Å². The number of benzene rings is 3. The van der Waals surface area contributed by atoms with E-state index >= 15 is 0 Å². The summed E-state index contributed by atoms with van der Waals surface area (Å²) in [6, 6.07) is 24.3. The van der Waals surface area contributed by atoms with Crippen LogP contribution in [0, 0.1) is 0 Å². The third-order valence-electron chi connectivity index (χ3n) is 3.69. The van der Waals surface area contributed by atoms with E-state index in [0.717, 1.165) is 22.1 Å². The zero-order valence-corrected chi connectivity index (χ0v) is 15.9. The van der Waals surface area contributed by atoms with Gasteiger partial charge in [-0.1, -0.05) is 54.6 Å². The number of anilines is 1. The van der Waals surface area contributed by atoms with Crippen LogP contribution in [-0.4, -0.2) is 18.8 Å². The van der Waals surface area contributed by atoms with Gasteiger partial charge in [0.2, 0.25) is 8.38 Å². The van der Waals surface area contributed by atoms with Gasteiger partial charge in [-0.2, -0.15) is 0 Å². The molecule has 0 saturated carbocycles. The first-order valence-electron chi connectivity index (χ1n) is 8.76. The molecule has 4 nitrogen and oxygen atoms in total. The van der Waals surface area contributed by atoms with Gasteiger partial charge < -0.3 is 14.4 Å². The van der Waals surface area contributed by atoms with Gasteiger partial charge in [0.05, 0.1) is 18.9 Å². The normalized spacial score (nSPS) is 11.9. The molecule has 0 heterocycles. The van der Waals surface area contributed by atoms with Crippen molar-refractivity contribution in [2.75, 3.05) is 18.5 Å². The third-order valence-corrected chi connectivity index (χ3v) is 5.23. The molecule has 0 radical (unpaired) electrons. The first-order valence-corrected chi connectivity index (χ1v) is 9.94. The predicted octanol–water partition coefficient (Wildman–Crippen LogP) is 6.32. The summed E-state index contributed by atoms with van der Waals surface area (Å²) in [6.07, 6.45) is 0. The Hall–Kier alpha value is -2.26. The van der Waals surface area contributed by atoms with Crippen molar-refractivity contribution < 1.29 is 9.05 Å². The summed E-state index contributed by atoms with van der Waals surface area (Å²) in [5.74, 6) is 0. The number of rotatable bonds is 7. The molecule has 0 aliphatic carbocycles. The molecule has 0 spiro atoms. The van der Waals surface area contributed by atoms with Crippen molar-refractivity contribution in [3.05, 3.63) is 72.8 Å². The van der Waals surface area contributed by atoms with Crippen molar-refractivity contribution >= 4 is 36.1 Å². The summed E-state index contributed by atoms with van der Waals surface area (Å²) in [6.45, 7) is 5.06. The maximum absolute atomic E-state index is 5.85. The molecule has 0 unspecified atom stereocenters. The Labute approximate surface area is 155 Å². The maximum atomic E-state index is 5.85. The monoisotopic (exact) mass is 366 g/mol. The van der Waals surface area contributed by atoms with E-state index in [2.05, 4.69) is 23.5 Å². The first kappa shape index (κ1) is 18.5. The third kappa shape index (κ3) is 4.67. The number of aliphatic imine (C=N–C) groups is 1. The van der Waals surface area contributed by atoms with Gasteiger partial charge in [-0.05, 0) is 37.4 Å². The van der Waals surface area contributed by atoms with Crippen molar-refractivity contribution in [3.8, 4) is 0 Å². The summed E-state index contributed by atoms with van der Waals surface area (Å²) in [4.78, 5) is 4.90. The molecule has 0 aromatic heterocycles. The molecule has 0 amide bonds. The van der Waals surface area contributed by atoms with Crippen LogP contribution in [0.1, 0.15) is 13.8 Å². The van der Waals surface area contributed by atoms with Gasteiger partial charge in [0.1, 0.15) is 0 Å². The number of nitrogens with zero attached hydrogens (tertiary/aromatic N) is 1. The molecular weight excluding hydrogens is 343 g/mol. The molecule has 3 rings (SSSR count). The van der Waals surface area contributed by atoms with Gasteiger partial charge >= 0.3 is 0 Å².